The molecule has 134 valence electrons. The number of benzene rings is 1. The zero-order valence-electron chi connectivity index (χ0n) is 15.4. The molecule has 0 aliphatic heterocycles. The number of aromatic nitrogens is 3. The molecule has 0 fully saturated rings. The van der Waals surface area contributed by atoms with Crippen LogP contribution >= 0.6 is 0 Å². The van der Waals surface area contributed by atoms with E-state index in [9.17, 15) is 4.79 Å². The van der Waals surface area contributed by atoms with Gasteiger partial charge in [0.15, 0.2) is 0 Å². The Morgan fingerprint density at radius 1 is 1.23 bits per heavy atom. The minimum absolute atomic E-state index is 0.0232. The van der Waals surface area contributed by atoms with Crippen molar-refractivity contribution in [2.24, 2.45) is 7.05 Å². The van der Waals surface area contributed by atoms with Crippen LogP contribution in [0.2, 0.25) is 0 Å². The lowest BCUT2D eigenvalue weighted by atomic mass is 10.0. The zero-order chi connectivity index (χ0) is 18.7. The Bertz CT molecular complexity index is 916. The number of ether oxygens (including phenoxy) is 1. The number of carbonyl (C=O) groups is 1. The largest absolute Gasteiger partial charge is 0.481 e. The standard InChI is InChI=1S/C20H22N4O2/c1-14-9-19(26-4)21-11-18(14)16-5-7-17(8-6-16)20(25)23(2)12-15-10-22-24(3)13-15/h5-11,13H,12H2,1-4H3. The van der Waals surface area contributed by atoms with Gasteiger partial charge in [0.2, 0.25) is 5.88 Å². The van der Waals surface area contributed by atoms with Crippen molar-refractivity contribution in [3.8, 4) is 17.0 Å². The lowest BCUT2D eigenvalue weighted by Crippen LogP contribution is -2.25. The first-order valence-corrected chi connectivity index (χ1v) is 8.32. The van der Waals surface area contributed by atoms with E-state index in [1.165, 1.54) is 0 Å². The van der Waals surface area contributed by atoms with E-state index in [2.05, 4.69) is 10.1 Å². The lowest BCUT2D eigenvalue weighted by Gasteiger charge is -2.16. The topological polar surface area (TPSA) is 60.2 Å². The van der Waals surface area contributed by atoms with Gasteiger partial charge in [-0.15, -0.1) is 0 Å². The molecule has 26 heavy (non-hydrogen) atoms. The van der Waals surface area contributed by atoms with Gasteiger partial charge in [-0.1, -0.05) is 12.1 Å². The fraction of sp³-hybridized carbons (Fsp3) is 0.250. The summed E-state index contributed by atoms with van der Waals surface area (Å²) in [5.74, 6) is 0.569. The van der Waals surface area contributed by atoms with Crippen LogP contribution < -0.4 is 4.74 Å². The van der Waals surface area contributed by atoms with E-state index in [1.54, 1.807) is 36.1 Å². The van der Waals surface area contributed by atoms with Crippen LogP contribution in [0.15, 0.2) is 48.9 Å². The molecule has 6 heteroatoms. The van der Waals surface area contributed by atoms with Crippen molar-refractivity contribution in [3.63, 3.8) is 0 Å². The highest BCUT2D eigenvalue weighted by molar-refractivity contribution is 5.94. The van der Waals surface area contributed by atoms with Crippen LogP contribution in [0, 0.1) is 6.92 Å². The van der Waals surface area contributed by atoms with Crippen LogP contribution in [-0.2, 0) is 13.6 Å². The highest BCUT2D eigenvalue weighted by Crippen LogP contribution is 2.25. The highest BCUT2D eigenvalue weighted by Gasteiger charge is 2.13. The third-order valence-electron chi connectivity index (χ3n) is 4.26. The molecular formula is C20H22N4O2. The summed E-state index contributed by atoms with van der Waals surface area (Å²) >= 11 is 0. The van der Waals surface area contributed by atoms with E-state index in [4.69, 9.17) is 4.74 Å². The molecule has 0 aliphatic rings. The minimum Gasteiger partial charge on any atom is -0.481 e. The monoisotopic (exact) mass is 350 g/mol. The molecule has 2 heterocycles. The first-order chi connectivity index (χ1) is 12.5. The van der Waals surface area contributed by atoms with Crippen LogP contribution in [0.3, 0.4) is 0 Å². The van der Waals surface area contributed by atoms with E-state index in [-0.39, 0.29) is 5.91 Å². The Morgan fingerprint density at radius 3 is 2.54 bits per heavy atom. The molecular weight excluding hydrogens is 328 g/mol. The third kappa shape index (κ3) is 3.74. The molecule has 6 nitrogen and oxygen atoms in total. The normalized spacial score (nSPS) is 10.6. The second kappa shape index (κ2) is 7.39. The van der Waals surface area contributed by atoms with E-state index >= 15 is 0 Å². The van der Waals surface area contributed by atoms with Gasteiger partial charge in [0, 0.05) is 55.8 Å². The number of hydrogen-bond donors (Lipinski definition) is 0. The number of pyridine rings is 1. The number of hydrogen-bond acceptors (Lipinski definition) is 4. The average Bonchev–Trinajstić information content (AvgIpc) is 3.05. The lowest BCUT2D eigenvalue weighted by molar-refractivity contribution is 0.0785. The molecule has 0 saturated heterocycles. The summed E-state index contributed by atoms with van der Waals surface area (Å²) in [6, 6.07) is 9.49. The van der Waals surface area contributed by atoms with Crippen molar-refractivity contribution in [2.75, 3.05) is 14.2 Å². The fourth-order valence-corrected chi connectivity index (χ4v) is 2.86. The Balaban J connectivity index is 1.75. The molecule has 0 atom stereocenters. The van der Waals surface area contributed by atoms with Gasteiger partial charge < -0.3 is 9.64 Å². The van der Waals surface area contributed by atoms with E-state index in [0.29, 0.717) is 18.0 Å². The quantitative estimate of drug-likeness (QED) is 0.709. The minimum atomic E-state index is -0.0232. The number of methoxy groups -OCH3 is 1. The molecule has 0 saturated carbocycles. The maximum Gasteiger partial charge on any atom is 0.253 e. The van der Waals surface area contributed by atoms with Crippen LogP contribution in [0.4, 0.5) is 0 Å². The van der Waals surface area contributed by atoms with Gasteiger partial charge >= 0.3 is 0 Å². The Morgan fingerprint density at radius 2 is 1.96 bits per heavy atom. The van der Waals surface area contributed by atoms with Gasteiger partial charge in [0.25, 0.3) is 5.91 Å². The first-order valence-electron chi connectivity index (χ1n) is 8.32. The molecule has 3 rings (SSSR count). The molecule has 0 N–H and O–H groups in total. The molecule has 1 amide bonds. The molecule has 0 radical (unpaired) electrons. The van der Waals surface area contributed by atoms with Gasteiger partial charge in [-0.2, -0.15) is 5.10 Å². The number of rotatable bonds is 5. The highest BCUT2D eigenvalue weighted by atomic mass is 16.5. The molecule has 3 aromatic rings. The van der Waals surface area contributed by atoms with Gasteiger partial charge in [-0.3, -0.25) is 9.48 Å². The van der Waals surface area contributed by atoms with Gasteiger partial charge in [0.05, 0.1) is 13.3 Å². The Labute approximate surface area is 153 Å². The second-order valence-electron chi connectivity index (χ2n) is 6.30. The number of amides is 1. The summed E-state index contributed by atoms with van der Waals surface area (Å²) in [6.45, 7) is 2.54. The van der Waals surface area contributed by atoms with E-state index < -0.39 is 0 Å². The Kier molecular flexibility index (Phi) is 5.02. The summed E-state index contributed by atoms with van der Waals surface area (Å²) in [4.78, 5) is 18.6. The second-order valence-corrected chi connectivity index (χ2v) is 6.30. The van der Waals surface area contributed by atoms with Gasteiger partial charge in [-0.05, 0) is 30.2 Å². The summed E-state index contributed by atoms with van der Waals surface area (Å²) < 4.78 is 6.88. The van der Waals surface area contributed by atoms with Crippen LogP contribution in [0.1, 0.15) is 21.5 Å². The van der Waals surface area contributed by atoms with Crippen molar-refractivity contribution in [2.45, 2.75) is 13.5 Å². The molecule has 2 aromatic heterocycles. The molecule has 0 unspecified atom stereocenters. The predicted molar refractivity (Wildman–Crippen MR) is 100.0 cm³/mol. The molecule has 0 spiro atoms. The summed E-state index contributed by atoms with van der Waals surface area (Å²) in [5.41, 5.74) is 4.77. The van der Waals surface area contributed by atoms with Crippen LogP contribution in [-0.4, -0.2) is 39.7 Å². The average molecular weight is 350 g/mol. The maximum absolute atomic E-state index is 12.6. The maximum atomic E-state index is 12.6. The van der Waals surface area contributed by atoms with Crippen molar-refractivity contribution in [1.29, 1.82) is 0 Å². The molecule has 0 aliphatic carbocycles. The summed E-state index contributed by atoms with van der Waals surface area (Å²) in [7, 11) is 5.25. The van der Waals surface area contributed by atoms with Gasteiger partial charge in [-0.25, -0.2) is 4.98 Å². The third-order valence-corrected chi connectivity index (χ3v) is 4.26. The molecule has 1 aromatic carbocycles. The first kappa shape index (κ1) is 17.7. The SMILES string of the molecule is COc1cc(C)c(-c2ccc(C(=O)N(C)Cc3cnn(C)c3)cc2)cn1. The summed E-state index contributed by atoms with van der Waals surface area (Å²) in [5, 5.41) is 4.13. The smallest absolute Gasteiger partial charge is 0.253 e. The van der Waals surface area contributed by atoms with Crippen molar-refractivity contribution >= 4 is 5.91 Å². The van der Waals surface area contributed by atoms with Crippen LogP contribution in [0.25, 0.3) is 11.1 Å². The number of nitrogens with zero attached hydrogens (tertiary/aromatic N) is 4. The Hall–Kier alpha value is -3.15. The van der Waals surface area contributed by atoms with Crippen LogP contribution in [0.5, 0.6) is 5.88 Å². The molecule has 0 bridgehead atoms. The van der Waals surface area contributed by atoms with Gasteiger partial charge in [0.1, 0.15) is 0 Å². The summed E-state index contributed by atoms with van der Waals surface area (Å²) in [6.07, 6.45) is 5.47. The zero-order valence-corrected chi connectivity index (χ0v) is 15.4. The van der Waals surface area contributed by atoms with Crippen molar-refractivity contribution in [3.05, 3.63) is 65.6 Å². The van der Waals surface area contributed by atoms with Crippen molar-refractivity contribution in [1.82, 2.24) is 19.7 Å². The van der Waals surface area contributed by atoms with E-state index in [1.807, 2.05) is 50.5 Å². The van der Waals surface area contributed by atoms with E-state index in [0.717, 1.165) is 22.3 Å². The number of carbonyl (C=O) groups excluding carboxylic acids is 1. The fourth-order valence-electron chi connectivity index (χ4n) is 2.86. The number of aryl methyl sites for hydroxylation is 2. The van der Waals surface area contributed by atoms with Crippen molar-refractivity contribution < 1.29 is 9.53 Å². The predicted octanol–water partition coefficient (Wildman–Crippen LogP) is 3.07.